The molecule has 1 aliphatic rings. The van der Waals surface area contributed by atoms with Gasteiger partial charge in [-0.15, -0.1) is 0 Å². The molecule has 2 N–H and O–H groups in total. The van der Waals surface area contributed by atoms with Crippen molar-refractivity contribution >= 4 is 40.2 Å². The Kier molecular flexibility index (Phi) is 6.80. The number of halogens is 1. The van der Waals surface area contributed by atoms with Crippen molar-refractivity contribution in [3.8, 4) is 0 Å². The normalized spacial score (nSPS) is 18.4. The third-order valence-electron chi connectivity index (χ3n) is 6.27. The van der Waals surface area contributed by atoms with E-state index in [0.717, 1.165) is 58.6 Å². The number of fused-ring (bicyclic) bond motifs is 1. The molecule has 1 fully saturated rings. The van der Waals surface area contributed by atoms with Gasteiger partial charge in [0.15, 0.2) is 0 Å². The molecule has 1 amide bonds. The molecular formula is C25H30ClN5O. The number of nitrogens with zero attached hydrogens (tertiary/aromatic N) is 3. The summed E-state index contributed by atoms with van der Waals surface area (Å²) in [5, 5.41) is 8.37. The number of carbonyl (C=O) groups is 1. The van der Waals surface area contributed by atoms with E-state index in [1.165, 1.54) is 0 Å². The summed E-state index contributed by atoms with van der Waals surface area (Å²) in [4.78, 5) is 24.2. The summed E-state index contributed by atoms with van der Waals surface area (Å²) in [6.07, 6.45) is 3.54. The lowest BCUT2D eigenvalue weighted by Gasteiger charge is -2.29. The highest BCUT2D eigenvalue weighted by molar-refractivity contribution is 6.31. The third-order valence-corrected chi connectivity index (χ3v) is 6.68. The molecule has 1 aliphatic carbocycles. The van der Waals surface area contributed by atoms with Gasteiger partial charge in [-0.1, -0.05) is 35.9 Å². The number of rotatable bonds is 6. The number of amides is 1. The van der Waals surface area contributed by atoms with Gasteiger partial charge in [0.1, 0.15) is 5.82 Å². The quantitative estimate of drug-likeness (QED) is 0.555. The number of nitrogens with one attached hydrogen (secondary N) is 2. The maximum Gasteiger partial charge on any atom is 0.225 e. The van der Waals surface area contributed by atoms with Crippen LogP contribution in [0.1, 0.15) is 36.8 Å². The number of anilines is 2. The van der Waals surface area contributed by atoms with Crippen LogP contribution >= 0.6 is 11.6 Å². The Bertz CT molecular complexity index is 1110. The molecule has 0 atom stereocenters. The van der Waals surface area contributed by atoms with E-state index in [-0.39, 0.29) is 17.9 Å². The second-order valence-electron chi connectivity index (χ2n) is 8.72. The van der Waals surface area contributed by atoms with E-state index < -0.39 is 0 Å². The van der Waals surface area contributed by atoms with Crippen molar-refractivity contribution in [2.75, 3.05) is 24.3 Å². The molecule has 0 bridgehead atoms. The molecule has 1 aromatic heterocycles. The van der Waals surface area contributed by atoms with Crippen LogP contribution < -0.4 is 15.5 Å². The van der Waals surface area contributed by atoms with Gasteiger partial charge in [0.2, 0.25) is 11.9 Å². The molecule has 1 saturated carbocycles. The molecule has 0 radical (unpaired) electrons. The second kappa shape index (κ2) is 9.74. The molecule has 2 aromatic carbocycles. The van der Waals surface area contributed by atoms with Crippen molar-refractivity contribution in [1.29, 1.82) is 0 Å². The van der Waals surface area contributed by atoms with Crippen LogP contribution in [-0.2, 0) is 11.3 Å². The highest BCUT2D eigenvalue weighted by Crippen LogP contribution is 2.29. The average molecular weight is 452 g/mol. The fourth-order valence-corrected chi connectivity index (χ4v) is 4.51. The van der Waals surface area contributed by atoms with Crippen molar-refractivity contribution in [2.24, 2.45) is 5.92 Å². The summed E-state index contributed by atoms with van der Waals surface area (Å²) in [7, 11) is 3.99. The van der Waals surface area contributed by atoms with Gasteiger partial charge in [0, 0.05) is 43.0 Å². The summed E-state index contributed by atoms with van der Waals surface area (Å²) >= 11 is 6.19. The van der Waals surface area contributed by atoms with Crippen LogP contribution in [0.3, 0.4) is 0 Å². The fourth-order valence-electron chi connectivity index (χ4n) is 4.32. The molecule has 3 aromatic rings. The topological polar surface area (TPSA) is 70.2 Å². The average Bonchev–Trinajstić information content (AvgIpc) is 2.79. The second-order valence-corrected chi connectivity index (χ2v) is 9.12. The summed E-state index contributed by atoms with van der Waals surface area (Å²) in [5.74, 6) is 1.72. The van der Waals surface area contributed by atoms with E-state index in [1.807, 2.05) is 68.4 Å². The highest BCUT2D eigenvalue weighted by atomic mass is 35.5. The Hall–Kier alpha value is -2.86. The Balaban J connectivity index is 1.34. The fraction of sp³-hybridized carbons (Fsp3) is 0.400. The van der Waals surface area contributed by atoms with Crippen LogP contribution in [0.5, 0.6) is 0 Å². The first-order valence-electron chi connectivity index (χ1n) is 11.1. The van der Waals surface area contributed by atoms with Gasteiger partial charge in [-0.3, -0.25) is 4.79 Å². The molecule has 1 heterocycles. The lowest BCUT2D eigenvalue weighted by atomic mass is 9.85. The van der Waals surface area contributed by atoms with E-state index in [4.69, 9.17) is 21.6 Å². The molecular weight excluding hydrogens is 422 g/mol. The molecule has 4 rings (SSSR count). The van der Waals surface area contributed by atoms with Crippen LogP contribution in [0.15, 0.2) is 42.5 Å². The number of benzene rings is 2. The molecule has 0 aliphatic heterocycles. The van der Waals surface area contributed by atoms with E-state index in [2.05, 4.69) is 10.6 Å². The summed E-state index contributed by atoms with van der Waals surface area (Å²) in [6, 6.07) is 14.1. The minimum atomic E-state index is 0.0439. The van der Waals surface area contributed by atoms with E-state index >= 15 is 0 Å². The van der Waals surface area contributed by atoms with E-state index in [9.17, 15) is 4.79 Å². The molecule has 6 nitrogen and oxygen atoms in total. The van der Waals surface area contributed by atoms with Gasteiger partial charge in [-0.05, 0) is 61.9 Å². The van der Waals surface area contributed by atoms with Crippen LogP contribution in [0.4, 0.5) is 11.8 Å². The molecule has 0 saturated heterocycles. The summed E-state index contributed by atoms with van der Waals surface area (Å²) in [6.45, 7) is 2.50. The van der Waals surface area contributed by atoms with Crippen LogP contribution in [0, 0.1) is 12.8 Å². The minimum absolute atomic E-state index is 0.0439. The van der Waals surface area contributed by atoms with Gasteiger partial charge < -0.3 is 15.5 Å². The SMILES string of the molecule is Cc1c(Cl)cccc1CNC(=O)[C@H]1CC[C@@H](Nc2nc(N(C)C)c3ccccc3n2)CC1. The molecule has 32 heavy (non-hydrogen) atoms. The zero-order valence-corrected chi connectivity index (χ0v) is 19.6. The summed E-state index contributed by atoms with van der Waals surface area (Å²) in [5.41, 5.74) is 3.01. The number of para-hydroxylation sites is 1. The van der Waals surface area contributed by atoms with Crippen LogP contribution in [0.25, 0.3) is 10.9 Å². The Morgan fingerprint density at radius 2 is 1.81 bits per heavy atom. The smallest absolute Gasteiger partial charge is 0.225 e. The van der Waals surface area contributed by atoms with E-state index in [0.29, 0.717) is 12.5 Å². The highest BCUT2D eigenvalue weighted by Gasteiger charge is 2.27. The predicted molar refractivity (Wildman–Crippen MR) is 131 cm³/mol. The van der Waals surface area contributed by atoms with Crippen LogP contribution in [-0.4, -0.2) is 36.0 Å². The third kappa shape index (κ3) is 4.96. The van der Waals surface area contributed by atoms with Crippen molar-refractivity contribution < 1.29 is 4.79 Å². The number of hydrogen-bond donors (Lipinski definition) is 2. The lowest BCUT2D eigenvalue weighted by Crippen LogP contribution is -2.36. The molecule has 0 spiro atoms. The molecule has 0 unspecified atom stereocenters. The Morgan fingerprint density at radius 1 is 1.06 bits per heavy atom. The lowest BCUT2D eigenvalue weighted by molar-refractivity contribution is -0.126. The molecule has 7 heteroatoms. The first-order chi connectivity index (χ1) is 15.4. The molecule has 168 valence electrons. The maximum atomic E-state index is 12.7. The minimum Gasteiger partial charge on any atom is -0.362 e. The van der Waals surface area contributed by atoms with E-state index in [1.54, 1.807) is 0 Å². The number of hydrogen-bond acceptors (Lipinski definition) is 5. The van der Waals surface area contributed by atoms with Gasteiger partial charge in [0.05, 0.1) is 5.52 Å². The Labute approximate surface area is 194 Å². The zero-order chi connectivity index (χ0) is 22.7. The Morgan fingerprint density at radius 3 is 2.56 bits per heavy atom. The van der Waals surface area contributed by atoms with Gasteiger partial charge >= 0.3 is 0 Å². The largest absolute Gasteiger partial charge is 0.362 e. The predicted octanol–water partition coefficient (Wildman–Crippen LogP) is 4.94. The van der Waals surface area contributed by atoms with Crippen molar-refractivity contribution in [1.82, 2.24) is 15.3 Å². The van der Waals surface area contributed by atoms with Crippen molar-refractivity contribution in [3.63, 3.8) is 0 Å². The standard InChI is InChI=1S/C25H30ClN5O/c1-16-18(7-6-9-21(16)26)15-27-24(32)17-11-13-19(14-12-17)28-25-29-22-10-5-4-8-20(22)23(30-25)31(2)3/h4-10,17,19H,11-15H2,1-3H3,(H,27,32)(H,28,29,30)/t17-,19+. The first kappa shape index (κ1) is 22.3. The first-order valence-corrected chi connectivity index (χ1v) is 11.5. The van der Waals surface area contributed by atoms with Crippen molar-refractivity contribution in [2.45, 2.75) is 45.2 Å². The summed E-state index contributed by atoms with van der Waals surface area (Å²) < 4.78 is 0. The van der Waals surface area contributed by atoms with Gasteiger partial charge in [-0.25, -0.2) is 4.98 Å². The van der Waals surface area contributed by atoms with Crippen LogP contribution in [0.2, 0.25) is 5.02 Å². The maximum absolute atomic E-state index is 12.7. The monoisotopic (exact) mass is 451 g/mol. The van der Waals surface area contributed by atoms with Crippen molar-refractivity contribution in [3.05, 3.63) is 58.6 Å². The zero-order valence-electron chi connectivity index (χ0n) is 18.9. The number of aromatic nitrogens is 2. The van der Waals surface area contributed by atoms with Gasteiger partial charge in [-0.2, -0.15) is 4.98 Å². The van der Waals surface area contributed by atoms with Gasteiger partial charge in [0.25, 0.3) is 0 Å². The number of carbonyl (C=O) groups excluding carboxylic acids is 1.